The van der Waals surface area contributed by atoms with Crippen molar-refractivity contribution in [2.24, 2.45) is 10.7 Å². The van der Waals surface area contributed by atoms with E-state index in [1.165, 1.54) is 12.3 Å². The van der Waals surface area contributed by atoms with Crippen LogP contribution in [0.25, 0.3) is 0 Å². The lowest BCUT2D eigenvalue weighted by molar-refractivity contribution is 0.582. The molecule has 0 spiro atoms. The van der Waals surface area contributed by atoms with E-state index < -0.39 is 11.6 Å². The predicted octanol–water partition coefficient (Wildman–Crippen LogP) is 2.47. The third-order valence-corrected chi connectivity index (χ3v) is 2.31. The summed E-state index contributed by atoms with van der Waals surface area (Å²) in [5.74, 6) is -1.27. The van der Waals surface area contributed by atoms with E-state index in [-0.39, 0.29) is 17.4 Å². The molecule has 0 bridgehead atoms. The van der Waals surface area contributed by atoms with Gasteiger partial charge in [0.25, 0.3) is 0 Å². The zero-order valence-corrected chi connectivity index (χ0v) is 10.2. The summed E-state index contributed by atoms with van der Waals surface area (Å²) in [6.45, 7) is 4.22. The van der Waals surface area contributed by atoms with Crippen LogP contribution < -0.4 is 10.6 Å². The highest BCUT2D eigenvalue weighted by molar-refractivity contribution is 5.75. The van der Waals surface area contributed by atoms with Crippen molar-refractivity contribution in [1.82, 2.24) is 0 Å². The van der Waals surface area contributed by atoms with Crippen molar-refractivity contribution in [1.29, 1.82) is 0 Å². The van der Waals surface area contributed by atoms with E-state index in [4.69, 9.17) is 5.73 Å². The Morgan fingerprint density at radius 2 is 2.12 bits per heavy atom. The number of halogens is 2. The zero-order chi connectivity index (χ0) is 13.0. The van der Waals surface area contributed by atoms with Crippen molar-refractivity contribution >= 4 is 17.6 Å². The minimum atomic E-state index is -0.646. The first kappa shape index (κ1) is 13.6. The highest BCUT2D eigenvalue weighted by Gasteiger charge is 2.13. The van der Waals surface area contributed by atoms with Gasteiger partial charge in [-0.3, -0.25) is 4.99 Å². The monoisotopic (exact) mass is 241 g/mol. The quantitative estimate of drug-likeness (QED) is 0.823. The molecule has 1 unspecified atom stereocenters. The first-order valence-corrected chi connectivity index (χ1v) is 5.45. The Morgan fingerprint density at radius 1 is 1.47 bits per heavy atom. The van der Waals surface area contributed by atoms with Gasteiger partial charge in [-0.15, -0.1) is 0 Å². The molecule has 0 amide bonds. The van der Waals surface area contributed by atoms with E-state index in [0.717, 1.165) is 6.07 Å². The van der Waals surface area contributed by atoms with Gasteiger partial charge in [-0.25, -0.2) is 8.78 Å². The minimum absolute atomic E-state index is 0.254. The molecular weight excluding hydrogens is 224 g/mol. The first-order valence-electron chi connectivity index (χ1n) is 5.45. The van der Waals surface area contributed by atoms with Crippen molar-refractivity contribution in [2.75, 3.05) is 18.5 Å². The van der Waals surface area contributed by atoms with Crippen molar-refractivity contribution < 1.29 is 8.78 Å². The van der Waals surface area contributed by atoms with Crippen molar-refractivity contribution in [3.63, 3.8) is 0 Å². The number of nitrogens with zero attached hydrogens (tertiary/aromatic N) is 2. The molecule has 0 aliphatic heterocycles. The summed E-state index contributed by atoms with van der Waals surface area (Å²) in [4.78, 5) is 5.69. The fourth-order valence-electron chi connectivity index (χ4n) is 1.38. The second kappa shape index (κ2) is 5.72. The van der Waals surface area contributed by atoms with Crippen LogP contribution in [0.2, 0.25) is 0 Å². The molecule has 2 N–H and O–H groups in total. The molecule has 1 aromatic carbocycles. The first-order chi connectivity index (χ1) is 7.95. The van der Waals surface area contributed by atoms with Crippen LogP contribution in [-0.2, 0) is 0 Å². The van der Waals surface area contributed by atoms with Crippen LogP contribution >= 0.6 is 0 Å². The van der Waals surface area contributed by atoms with E-state index in [1.54, 1.807) is 18.9 Å². The van der Waals surface area contributed by atoms with Gasteiger partial charge in [0.15, 0.2) is 5.82 Å². The third-order valence-electron chi connectivity index (χ3n) is 2.31. The minimum Gasteiger partial charge on any atom is -0.371 e. The van der Waals surface area contributed by atoms with Gasteiger partial charge < -0.3 is 10.6 Å². The number of rotatable bonds is 4. The van der Waals surface area contributed by atoms with E-state index in [0.29, 0.717) is 6.54 Å². The van der Waals surface area contributed by atoms with Crippen LogP contribution in [0.4, 0.5) is 20.2 Å². The van der Waals surface area contributed by atoms with Crippen LogP contribution in [0.1, 0.15) is 13.8 Å². The largest absolute Gasteiger partial charge is 0.371 e. The van der Waals surface area contributed by atoms with Gasteiger partial charge in [0, 0.05) is 38.0 Å². The Balaban J connectivity index is 3.25. The van der Waals surface area contributed by atoms with E-state index in [2.05, 4.69) is 4.99 Å². The van der Waals surface area contributed by atoms with Gasteiger partial charge in [0.05, 0.1) is 11.4 Å². The normalized spacial score (nSPS) is 13.1. The maximum Gasteiger partial charge on any atom is 0.151 e. The number of anilines is 1. The molecule has 0 saturated carbocycles. The van der Waals surface area contributed by atoms with Crippen LogP contribution in [0.3, 0.4) is 0 Å². The summed E-state index contributed by atoms with van der Waals surface area (Å²) >= 11 is 0. The van der Waals surface area contributed by atoms with Gasteiger partial charge >= 0.3 is 0 Å². The Kier molecular flexibility index (Phi) is 4.57. The van der Waals surface area contributed by atoms with E-state index in [1.807, 2.05) is 6.92 Å². The molecule has 0 heterocycles. The maximum absolute atomic E-state index is 13.7. The number of hydrogen-bond acceptors (Lipinski definition) is 3. The van der Waals surface area contributed by atoms with Crippen LogP contribution in [-0.4, -0.2) is 25.8 Å². The Labute approximate surface area is 99.9 Å². The standard InChI is InChI=1S/C12H17F2N3/c1-4-17(3)12-10(14)5-9(13)6-11(12)16-7-8(2)15/h5-8H,4,15H2,1-3H3. The van der Waals surface area contributed by atoms with Crippen LogP contribution in [0.15, 0.2) is 17.1 Å². The molecule has 1 aromatic rings. The smallest absolute Gasteiger partial charge is 0.151 e. The lowest BCUT2D eigenvalue weighted by Crippen LogP contribution is -2.18. The molecule has 0 radical (unpaired) electrons. The highest BCUT2D eigenvalue weighted by atomic mass is 19.1. The molecule has 3 nitrogen and oxygen atoms in total. The Hall–Kier alpha value is -1.49. The predicted molar refractivity (Wildman–Crippen MR) is 67.1 cm³/mol. The molecular formula is C12H17F2N3. The van der Waals surface area contributed by atoms with Crippen molar-refractivity contribution in [3.8, 4) is 0 Å². The Morgan fingerprint density at radius 3 is 2.65 bits per heavy atom. The van der Waals surface area contributed by atoms with Crippen molar-refractivity contribution in [2.45, 2.75) is 19.9 Å². The van der Waals surface area contributed by atoms with Gasteiger partial charge in [-0.2, -0.15) is 0 Å². The summed E-state index contributed by atoms with van der Waals surface area (Å²) in [7, 11) is 1.72. The Bertz CT molecular complexity index is 416. The van der Waals surface area contributed by atoms with Crippen LogP contribution in [0, 0.1) is 11.6 Å². The molecule has 0 aliphatic carbocycles. The number of hydrogen-bond donors (Lipinski definition) is 1. The van der Waals surface area contributed by atoms with E-state index >= 15 is 0 Å². The van der Waals surface area contributed by atoms with Crippen LogP contribution in [0.5, 0.6) is 0 Å². The number of nitrogens with two attached hydrogens (primary N) is 1. The SMILES string of the molecule is CCN(C)c1c(F)cc(F)cc1N=CC(C)N. The van der Waals surface area contributed by atoms with Gasteiger partial charge in [-0.1, -0.05) is 0 Å². The third kappa shape index (κ3) is 3.49. The average molecular weight is 241 g/mol. The number of aliphatic imine (C=N–C) groups is 1. The summed E-state index contributed by atoms with van der Waals surface area (Å²) in [6, 6.07) is 1.79. The summed E-state index contributed by atoms with van der Waals surface area (Å²) in [5.41, 5.74) is 6.06. The fraction of sp³-hybridized carbons (Fsp3) is 0.417. The zero-order valence-electron chi connectivity index (χ0n) is 10.2. The molecule has 0 fully saturated rings. The lowest BCUT2D eigenvalue weighted by atomic mass is 10.2. The molecule has 1 atom stereocenters. The van der Waals surface area contributed by atoms with Gasteiger partial charge in [0.2, 0.25) is 0 Å². The summed E-state index contributed by atoms with van der Waals surface area (Å²) in [6.07, 6.45) is 1.46. The molecule has 17 heavy (non-hydrogen) atoms. The lowest BCUT2D eigenvalue weighted by Gasteiger charge is -2.19. The second-order valence-electron chi connectivity index (χ2n) is 3.91. The van der Waals surface area contributed by atoms with Gasteiger partial charge in [0.1, 0.15) is 5.82 Å². The summed E-state index contributed by atoms with van der Waals surface area (Å²) < 4.78 is 26.8. The maximum atomic E-state index is 13.7. The summed E-state index contributed by atoms with van der Waals surface area (Å²) in [5, 5.41) is 0. The molecule has 1 rings (SSSR count). The average Bonchev–Trinajstić information content (AvgIpc) is 2.24. The molecule has 94 valence electrons. The molecule has 5 heteroatoms. The van der Waals surface area contributed by atoms with Gasteiger partial charge in [-0.05, 0) is 13.8 Å². The molecule has 0 aliphatic rings. The molecule has 0 aromatic heterocycles. The molecule has 0 saturated heterocycles. The highest BCUT2D eigenvalue weighted by Crippen LogP contribution is 2.31. The fourth-order valence-corrected chi connectivity index (χ4v) is 1.38. The van der Waals surface area contributed by atoms with E-state index in [9.17, 15) is 8.78 Å². The number of benzene rings is 1. The van der Waals surface area contributed by atoms with Crippen molar-refractivity contribution in [3.05, 3.63) is 23.8 Å². The topological polar surface area (TPSA) is 41.6 Å². The second-order valence-corrected chi connectivity index (χ2v) is 3.91.